The van der Waals surface area contributed by atoms with Crippen LogP contribution < -0.4 is 25.4 Å². The van der Waals surface area contributed by atoms with Crippen LogP contribution in [0.4, 0.5) is 8.78 Å². The number of aliphatic imine (C=N–C) groups is 1. The molecule has 0 unspecified atom stereocenters. The van der Waals surface area contributed by atoms with Crippen LogP contribution in [0.15, 0.2) is 53.5 Å². The molecule has 2 aromatic rings. The number of hydrogen-bond donors (Lipinski definition) is 3. The second-order valence-electron chi connectivity index (χ2n) is 6.86. The molecule has 0 aromatic heterocycles. The van der Waals surface area contributed by atoms with Crippen molar-refractivity contribution in [1.29, 1.82) is 0 Å². The molecular weight excluding hydrogens is 418 g/mol. The van der Waals surface area contributed by atoms with Crippen molar-refractivity contribution < 1.29 is 23.0 Å². The van der Waals surface area contributed by atoms with E-state index < -0.39 is 6.61 Å². The minimum absolute atomic E-state index is 0.0387. The second kappa shape index (κ2) is 13.8. The van der Waals surface area contributed by atoms with Crippen LogP contribution in [0.3, 0.4) is 0 Å². The molecule has 174 valence electrons. The summed E-state index contributed by atoms with van der Waals surface area (Å²) in [5, 5.41) is 8.92. The Balaban J connectivity index is 1.81. The summed E-state index contributed by atoms with van der Waals surface area (Å²) in [4.78, 5) is 16.1. The smallest absolute Gasteiger partial charge is 0.387 e. The summed E-state index contributed by atoms with van der Waals surface area (Å²) < 4.78 is 35.7. The fourth-order valence-corrected chi connectivity index (χ4v) is 2.78. The predicted octanol–water partition coefficient (Wildman–Crippen LogP) is 3.45. The number of guanidine groups is 1. The molecule has 1 amide bonds. The number of alkyl halides is 2. The lowest BCUT2D eigenvalue weighted by Gasteiger charge is -2.16. The molecule has 0 spiro atoms. The monoisotopic (exact) mass is 448 g/mol. The van der Waals surface area contributed by atoms with Crippen LogP contribution in [-0.2, 0) is 17.9 Å². The molecule has 0 saturated heterocycles. The van der Waals surface area contributed by atoms with Crippen LogP contribution in [-0.4, -0.2) is 38.7 Å². The van der Waals surface area contributed by atoms with Gasteiger partial charge in [0.25, 0.3) is 0 Å². The van der Waals surface area contributed by atoms with E-state index in [1.807, 2.05) is 37.3 Å². The van der Waals surface area contributed by atoms with E-state index in [-0.39, 0.29) is 24.6 Å². The van der Waals surface area contributed by atoms with Gasteiger partial charge in [-0.3, -0.25) is 9.79 Å². The molecule has 3 N–H and O–H groups in total. The summed E-state index contributed by atoms with van der Waals surface area (Å²) in [5.41, 5.74) is 1.55. The molecule has 0 fully saturated rings. The van der Waals surface area contributed by atoms with Crippen LogP contribution in [0.5, 0.6) is 11.5 Å². The Morgan fingerprint density at radius 3 is 2.53 bits per heavy atom. The summed E-state index contributed by atoms with van der Waals surface area (Å²) in [6.45, 7) is 0.543. The molecule has 0 bridgehead atoms. The molecule has 32 heavy (non-hydrogen) atoms. The van der Waals surface area contributed by atoms with E-state index in [4.69, 9.17) is 4.74 Å². The average molecular weight is 449 g/mol. The molecule has 0 heterocycles. The minimum Gasteiger partial charge on any atom is -0.493 e. The van der Waals surface area contributed by atoms with Crippen molar-refractivity contribution in [3.8, 4) is 11.5 Å². The summed E-state index contributed by atoms with van der Waals surface area (Å²) in [6, 6.07) is 14.5. The van der Waals surface area contributed by atoms with Crippen LogP contribution in [0.2, 0.25) is 0 Å². The Hall–Kier alpha value is -3.36. The summed E-state index contributed by atoms with van der Waals surface area (Å²) >= 11 is 0. The van der Waals surface area contributed by atoms with Crippen LogP contribution in [0, 0.1) is 0 Å². The molecule has 0 aliphatic carbocycles. The number of benzene rings is 2. The quantitative estimate of drug-likeness (QED) is 0.342. The number of rotatable bonds is 12. The second-order valence-corrected chi connectivity index (χ2v) is 6.86. The third-order valence-electron chi connectivity index (χ3n) is 4.37. The van der Waals surface area contributed by atoms with Gasteiger partial charge < -0.3 is 25.4 Å². The summed E-state index contributed by atoms with van der Waals surface area (Å²) in [6.07, 6.45) is 1.07. The number of carbonyl (C=O) groups excluding carboxylic acids is 1. The number of halogens is 2. The number of nitrogens with one attached hydrogen (secondary N) is 3. The highest BCUT2D eigenvalue weighted by molar-refractivity contribution is 5.81. The summed E-state index contributed by atoms with van der Waals surface area (Å²) in [7, 11) is 1.59. The minimum atomic E-state index is -2.94. The Kier molecular flexibility index (Phi) is 10.8. The Labute approximate surface area is 187 Å². The van der Waals surface area contributed by atoms with Gasteiger partial charge in [-0.25, -0.2) is 0 Å². The van der Waals surface area contributed by atoms with E-state index in [0.29, 0.717) is 37.0 Å². The van der Waals surface area contributed by atoms with Crippen molar-refractivity contribution in [3.63, 3.8) is 0 Å². The lowest BCUT2D eigenvalue weighted by Crippen LogP contribution is -2.39. The van der Waals surface area contributed by atoms with Crippen LogP contribution >= 0.6 is 0 Å². The highest BCUT2D eigenvalue weighted by Gasteiger charge is 2.12. The number of nitrogens with zero attached hydrogens (tertiary/aromatic N) is 1. The number of ether oxygens (including phenoxy) is 2. The fraction of sp³-hybridized carbons (Fsp3) is 0.391. The maximum atomic E-state index is 12.8. The Morgan fingerprint density at radius 1 is 1.06 bits per heavy atom. The fourth-order valence-electron chi connectivity index (χ4n) is 2.78. The normalized spacial score (nSPS) is 11.2. The molecule has 0 atom stereocenters. The first-order chi connectivity index (χ1) is 15.5. The molecular formula is C23H30F2N4O3. The zero-order valence-corrected chi connectivity index (χ0v) is 18.4. The van der Waals surface area contributed by atoms with Gasteiger partial charge in [0.15, 0.2) is 5.96 Å². The molecule has 2 rings (SSSR count). The Morgan fingerprint density at radius 2 is 1.84 bits per heavy atom. The van der Waals surface area contributed by atoms with Crippen molar-refractivity contribution in [2.75, 3.05) is 20.2 Å². The maximum Gasteiger partial charge on any atom is 0.387 e. The molecule has 0 saturated carbocycles. The number of amides is 1. The van der Waals surface area contributed by atoms with Crippen LogP contribution in [0.1, 0.15) is 30.9 Å². The van der Waals surface area contributed by atoms with Gasteiger partial charge >= 0.3 is 6.61 Å². The molecule has 2 aromatic carbocycles. The first kappa shape index (κ1) is 24.9. The zero-order chi connectivity index (χ0) is 23.2. The van der Waals surface area contributed by atoms with Gasteiger partial charge in [-0.15, -0.1) is 0 Å². The van der Waals surface area contributed by atoms with Crippen molar-refractivity contribution >= 4 is 11.9 Å². The van der Waals surface area contributed by atoms with Gasteiger partial charge in [0.1, 0.15) is 11.5 Å². The first-order valence-electron chi connectivity index (χ1n) is 10.5. The highest BCUT2D eigenvalue weighted by Crippen LogP contribution is 2.26. The average Bonchev–Trinajstić information content (AvgIpc) is 2.79. The SMILES string of the molecule is CCCOc1ccc(CNC(=NC)NCCC(=O)NCc2ccccc2)c(OC(F)F)c1. The molecule has 7 nitrogen and oxygen atoms in total. The van der Waals surface area contributed by atoms with Gasteiger partial charge in [0.05, 0.1) is 6.61 Å². The highest BCUT2D eigenvalue weighted by atomic mass is 19.3. The van der Waals surface area contributed by atoms with Crippen molar-refractivity contribution in [3.05, 3.63) is 59.7 Å². The molecule has 0 radical (unpaired) electrons. The van der Waals surface area contributed by atoms with Gasteiger partial charge in [0.2, 0.25) is 5.91 Å². The Bertz CT molecular complexity index is 864. The van der Waals surface area contributed by atoms with Crippen molar-refractivity contribution in [2.24, 2.45) is 4.99 Å². The van der Waals surface area contributed by atoms with E-state index in [1.54, 1.807) is 19.2 Å². The van der Waals surface area contributed by atoms with E-state index in [2.05, 4.69) is 25.7 Å². The van der Waals surface area contributed by atoms with E-state index in [0.717, 1.165) is 12.0 Å². The van der Waals surface area contributed by atoms with Crippen LogP contribution in [0.25, 0.3) is 0 Å². The predicted molar refractivity (Wildman–Crippen MR) is 120 cm³/mol. The largest absolute Gasteiger partial charge is 0.493 e. The first-order valence-corrected chi connectivity index (χ1v) is 10.5. The third-order valence-corrected chi connectivity index (χ3v) is 4.37. The zero-order valence-electron chi connectivity index (χ0n) is 18.4. The van der Waals surface area contributed by atoms with Gasteiger partial charge in [0, 0.05) is 44.7 Å². The standard InChI is InChI=1S/C23H30F2N4O3/c1-3-13-31-19-10-9-18(20(14-19)32-22(24)25)16-29-23(26-2)27-12-11-21(30)28-15-17-7-5-4-6-8-17/h4-10,14,22H,3,11-13,15-16H2,1-2H3,(H,28,30)(H2,26,27,29). The number of carbonyl (C=O) groups is 1. The lowest BCUT2D eigenvalue weighted by atomic mass is 10.2. The van der Waals surface area contributed by atoms with E-state index in [1.165, 1.54) is 6.07 Å². The summed E-state index contributed by atoms with van der Waals surface area (Å²) in [5.74, 6) is 0.856. The van der Waals surface area contributed by atoms with E-state index >= 15 is 0 Å². The third kappa shape index (κ3) is 9.20. The molecule has 9 heteroatoms. The topological polar surface area (TPSA) is 84.0 Å². The lowest BCUT2D eigenvalue weighted by molar-refractivity contribution is -0.121. The van der Waals surface area contributed by atoms with Gasteiger partial charge in [-0.05, 0) is 24.1 Å². The van der Waals surface area contributed by atoms with Gasteiger partial charge in [-0.1, -0.05) is 37.3 Å². The van der Waals surface area contributed by atoms with Gasteiger partial charge in [-0.2, -0.15) is 8.78 Å². The molecule has 0 aliphatic rings. The van der Waals surface area contributed by atoms with E-state index in [9.17, 15) is 13.6 Å². The maximum absolute atomic E-state index is 12.8. The van der Waals surface area contributed by atoms with Crippen molar-refractivity contribution in [1.82, 2.24) is 16.0 Å². The van der Waals surface area contributed by atoms with Crippen molar-refractivity contribution in [2.45, 2.75) is 39.5 Å². The molecule has 0 aliphatic heterocycles. The number of hydrogen-bond acceptors (Lipinski definition) is 4.